The zero-order valence-corrected chi connectivity index (χ0v) is 18.1. The number of sulfonamides is 1. The van der Waals surface area contributed by atoms with Gasteiger partial charge in [0.2, 0.25) is 15.9 Å². The number of carbonyl (C=O) groups is 1. The van der Waals surface area contributed by atoms with Crippen LogP contribution in [0.25, 0.3) is 22.6 Å². The summed E-state index contributed by atoms with van der Waals surface area (Å²) in [6, 6.07) is 13.7. The Hall–Kier alpha value is -3.57. The summed E-state index contributed by atoms with van der Waals surface area (Å²) in [5, 5.41) is 11.2. The molecular weight excluding hydrogens is 451 g/mol. The van der Waals surface area contributed by atoms with Gasteiger partial charge in [0, 0.05) is 18.5 Å². The number of halogens is 1. The zero-order valence-electron chi connectivity index (χ0n) is 17.3. The highest BCUT2D eigenvalue weighted by molar-refractivity contribution is 7.89. The summed E-state index contributed by atoms with van der Waals surface area (Å²) in [5.74, 6) is -1.06. The third-order valence-corrected chi connectivity index (χ3v) is 7.38. The molecule has 4 aromatic rings. The van der Waals surface area contributed by atoms with Crippen LogP contribution in [0.5, 0.6) is 0 Å². The van der Waals surface area contributed by atoms with E-state index in [1.807, 2.05) is 24.3 Å². The van der Waals surface area contributed by atoms with E-state index in [1.165, 1.54) is 16.4 Å². The van der Waals surface area contributed by atoms with Crippen molar-refractivity contribution in [2.75, 3.05) is 18.4 Å². The maximum atomic E-state index is 13.2. The molecule has 0 aliphatic carbocycles. The lowest BCUT2D eigenvalue weighted by Gasteiger charge is -2.30. The molecule has 1 aliphatic rings. The van der Waals surface area contributed by atoms with Crippen molar-refractivity contribution in [2.45, 2.75) is 17.7 Å². The van der Waals surface area contributed by atoms with Gasteiger partial charge in [0.15, 0.2) is 5.76 Å². The maximum Gasteiger partial charge on any atom is 0.322 e. The predicted molar refractivity (Wildman–Crippen MR) is 116 cm³/mol. The van der Waals surface area contributed by atoms with Crippen molar-refractivity contribution < 1.29 is 26.4 Å². The number of fused-ring (bicyclic) bond motifs is 1. The molecule has 170 valence electrons. The van der Waals surface area contributed by atoms with Crippen LogP contribution in [-0.4, -0.2) is 41.9 Å². The molecule has 0 spiro atoms. The molecule has 1 fully saturated rings. The van der Waals surface area contributed by atoms with Crippen LogP contribution in [0.3, 0.4) is 0 Å². The van der Waals surface area contributed by atoms with Gasteiger partial charge in [-0.15, -0.1) is 5.10 Å². The summed E-state index contributed by atoms with van der Waals surface area (Å²) >= 11 is 0. The average molecular weight is 470 g/mol. The minimum Gasteiger partial charge on any atom is -0.451 e. The van der Waals surface area contributed by atoms with E-state index in [1.54, 1.807) is 6.07 Å². The molecule has 0 radical (unpaired) electrons. The first kappa shape index (κ1) is 21.3. The number of aromatic nitrogens is 2. The molecule has 2 aromatic heterocycles. The number of furan rings is 1. The predicted octanol–water partition coefficient (Wildman–Crippen LogP) is 3.66. The number of carbonyl (C=O) groups excluding carboxylic acids is 1. The first-order chi connectivity index (χ1) is 15.9. The number of hydrogen-bond donors (Lipinski definition) is 1. The van der Waals surface area contributed by atoms with Crippen LogP contribution in [0, 0.1) is 11.7 Å². The molecule has 5 rings (SSSR count). The van der Waals surface area contributed by atoms with E-state index in [9.17, 15) is 17.6 Å². The van der Waals surface area contributed by atoms with Crippen LogP contribution in [0.15, 0.2) is 68.3 Å². The quantitative estimate of drug-likeness (QED) is 0.473. The summed E-state index contributed by atoms with van der Waals surface area (Å²) in [7, 11) is -3.84. The molecule has 33 heavy (non-hydrogen) atoms. The van der Waals surface area contributed by atoms with Gasteiger partial charge in [0.25, 0.3) is 5.89 Å². The lowest BCUT2D eigenvalue weighted by molar-refractivity contribution is -0.121. The maximum absolute atomic E-state index is 13.2. The number of piperidine rings is 1. The van der Waals surface area contributed by atoms with E-state index in [0.717, 1.165) is 17.5 Å². The third kappa shape index (κ3) is 4.24. The molecule has 0 bridgehead atoms. The van der Waals surface area contributed by atoms with E-state index in [2.05, 4.69) is 15.5 Å². The number of amides is 1. The van der Waals surface area contributed by atoms with Crippen LogP contribution >= 0.6 is 0 Å². The minimum absolute atomic E-state index is 0.00386. The molecule has 1 amide bonds. The SMILES string of the molecule is O=C(Nc1nnc(-c2cc3ccccc3o2)o1)C1CCCN(S(=O)(=O)c2ccc(F)cc2)C1. The summed E-state index contributed by atoms with van der Waals surface area (Å²) in [6.45, 7) is 0.274. The zero-order chi connectivity index (χ0) is 23.0. The molecule has 11 heteroatoms. The second-order valence-corrected chi connectivity index (χ2v) is 9.64. The van der Waals surface area contributed by atoms with Gasteiger partial charge < -0.3 is 8.83 Å². The van der Waals surface area contributed by atoms with Gasteiger partial charge in [0.1, 0.15) is 11.4 Å². The normalized spacial score (nSPS) is 17.3. The molecule has 0 saturated carbocycles. The molecule has 1 atom stereocenters. The standard InChI is InChI=1S/C22H19FN4O5S/c23-16-7-9-17(10-8-16)33(29,30)27-11-3-5-15(13-27)20(28)24-22-26-25-21(32-22)19-12-14-4-1-2-6-18(14)31-19/h1-2,4,6-10,12,15H,3,5,11,13H2,(H,24,26,28). The fourth-order valence-electron chi connectivity index (χ4n) is 3.80. The topological polar surface area (TPSA) is 119 Å². The second kappa shape index (κ2) is 8.41. The second-order valence-electron chi connectivity index (χ2n) is 7.71. The Morgan fingerprint density at radius 3 is 2.67 bits per heavy atom. The molecule has 1 N–H and O–H groups in total. The van der Waals surface area contributed by atoms with E-state index >= 15 is 0 Å². The van der Waals surface area contributed by atoms with Crippen LogP contribution in [0.4, 0.5) is 10.4 Å². The van der Waals surface area contributed by atoms with Crippen LogP contribution < -0.4 is 5.32 Å². The number of nitrogens with one attached hydrogen (secondary N) is 1. The highest BCUT2D eigenvalue weighted by Gasteiger charge is 2.34. The van der Waals surface area contributed by atoms with Gasteiger partial charge in [-0.2, -0.15) is 4.31 Å². The lowest BCUT2D eigenvalue weighted by Crippen LogP contribution is -2.43. The fraction of sp³-hybridized carbons (Fsp3) is 0.227. The number of nitrogens with zero attached hydrogens (tertiary/aromatic N) is 3. The van der Waals surface area contributed by atoms with Crippen LogP contribution in [0.2, 0.25) is 0 Å². The molecule has 3 heterocycles. The minimum atomic E-state index is -3.84. The Balaban J connectivity index is 1.27. The van der Waals surface area contributed by atoms with Crippen molar-refractivity contribution in [3.05, 3.63) is 60.4 Å². The van der Waals surface area contributed by atoms with Crippen LogP contribution in [0.1, 0.15) is 12.8 Å². The van der Waals surface area contributed by atoms with Gasteiger partial charge in [-0.1, -0.05) is 23.3 Å². The Morgan fingerprint density at radius 2 is 1.88 bits per heavy atom. The fourth-order valence-corrected chi connectivity index (χ4v) is 5.32. The van der Waals surface area contributed by atoms with E-state index in [-0.39, 0.29) is 29.9 Å². The Kier molecular flexibility index (Phi) is 5.43. The Bertz CT molecular complexity index is 1380. The van der Waals surface area contributed by atoms with Crippen molar-refractivity contribution >= 4 is 32.9 Å². The van der Waals surface area contributed by atoms with Gasteiger partial charge in [0.05, 0.1) is 10.8 Å². The molecule has 1 unspecified atom stereocenters. The lowest BCUT2D eigenvalue weighted by atomic mass is 9.99. The van der Waals surface area contributed by atoms with Crippen molar-refractivity contribution in [1.29, 1.82) is 0 Å². The van der Waals surface area contributed by atoms with Crippen molar-refractivity contribution in [3.63, 3.8) is 0 Å². The summed E-state index contributed by atoms with van der Waals surface area (Å²) < 4.78 is 51.4. The first-order valence-corrected chi connectivity index (χ1v) is 11.7. The van der Waals surface area contributed by atoms with E-state index in [0.29, 0.717) is 24.2 Å². The molecule has 2 aromatic carbocycles. The Morgan fingerprint density at radius 1 is 1.09 bits per heavy atom. The van der Waals surface area contributed by atoms with Gasteiger partial charge in [-0.25, -0.2) is 12.8 Å². The van der Waals surface area contributed by atoms with Gasteiger partial charge in [-0.3, -0.25) is 10.1 Å². The van der Waals surface area contributed by atoms with E-state index < -0.39 is 27.7 Å². The summed E-state index contributed by atoms with van der Waals surface area (Å²) in [6.07, 6.45) is 1.01. The van der Waals surface area contributed by atoms with Gasteiger partial charge in [-0.05, 0) is 49.2 Å². The number of anilines is 1. The van der Waals surface area contributed by atoms with Gasteiger partial charge >= 0.3 is 6.01 Å². The summed E-state index contributed by atoms with van der Waals surface area (Å²) in [4.78, 5) is 12.8. The van der Waals surface area contributed by atoms with Crippen molar-refractivity contribution in [2.24, 2.45) is 5.92 Å². The molecule has 9 nitrogen and oxygen atoms in total. The number of benzene rings is 2. The summed E-state index contributed by atoms with van der Waals surface area (Å²) in [5.41, 5.74) is 0.668. The highest BCUT2D eigenvalue weighted by Crippen LogP contribution is 2.28. The van der Waals surface area contributed by atoms with E-state index in [4.69, 9.17) is 8.83 Å². The number of rotatable bonds is 5. The average Bonchev–Trinajstić information content (AvgIpc) is 3.46. The first-order valence-electron chi connectivity index (χ1n) is 10.3. The largest absolute Gasteiger partial charge is 0.451 e. The van der Waals surface area contributed by atoms with Crippen molar-refractivity contribution in [1.82, 2.24) is 14.5 Å². The third-order valence-electron chi connectivity index (χ3n) is 5.50. The smallest absolute Gasteiger partial charge is 0.322 e. The van der Waals surface area contributed by atoms with Crippen molar-refractivity contribution in [3.8, 4) is 11.7 Å². The highest BCUT2D eigenvalue weighted by atomic mass is 32.2. The Labute approximate surface area is 188 Å². The molecule has 1 aliphatic heterocycles. The molecule has 1 saturated heterocycles. The molecular formula is C22H19FN4O5S. The number of para-hydroxylation sites is 1. The number of hydrogen-bond acceptors (Lipinski definition) is 7. The van der Waals surface area contributed by atoms with Crippen LogP contribution in [-0.2, 0) is 14.8 Å². The monoisotopic (exact) mass is 470 g/mol.